The van der Waals surface area contributed by atoms with E-state index in [1.807, 2.05) is 24.5 Å². The van der Waals surface area contributed by atoms with E-state index in [1.54, 1.807) is 11.3 Å². The van der Waals surface area contributed by atoms with Crippen LogP contribution in [0, 0.1) is 0 Å². The van der Waals surface area contributed by atoms with Crippen molar-refractivity contribution in [3.63, 3.8) is 0 Å². The molecule has 3 nitrogen and oxygen atoms in total. The van der Waals surface area contributed by atoms with Gasteiger partial charge < -0.3 is 5.73 Å². The Hall–Kier alpha value is -1.26. The van der Waals surface area contributed by atoms with E-state index in [9.17, 15) is 0 Å². The zero-order valence-electron chi connectivity index (χ0n) is 8.89. The van der Waals surface area contributed by atoms with Crippen LogP contribution < -0.4 is 5.73 Å². The smallest absolute Gasteiger partial charge is 0.123 e. The van der Waals surface area contributed by atoms with Crippen LogP contribution >= 0.6 is 11.3 Å². The number of pyridine rings is 1. The van der Waals surface area contributed by atoms with Crippen molar-refractivity contribution in [2.45, 2.75) is 18.8 Å². The maximum Gasteiger partial charge on any atom is 0.123 e. The molecule has 0 amide bonds. The van der Waals surface area contributed by atoms with Crippen LogP contribution in [0.5, 0.6) is 0 Å². The van der Waals surface area contributed by atoms with Crippen molar-refractivity contribution in [3.05, 3.63) is 35.1 Å². The van der Waals surface area contributed by atoms with Crippen LogP contribution in [0.2, 0.25) is 0 Å². The Labute approximate surface area is 98.4 Å². The molecule has 0 bridgehead atoms. The summed E-state index contributed by atoms with van der Waals surface area (Å²) < 4.78 is 0. The summed E-state index contributed by atoms with van der Waals surface area (Å²) in [5.41, 5.74) is 8.14. The first-order valence-corrected chi connectivity index (χ1v) is 6.30. The molecule has 0 aromatic carbocycles. The number of nitrogens with two attached hydrogens (primary N) is 1. The predicted octanol–water partition coefficient (Wildman–Crippen LogP) is 2.19. The van der Waals surface area contributed by atoms with E-state index in [0.717, 1.165) is 17.0 Å². The summed E-state index contributed by atoms with van der Waals surface area (Å²) >= 11 is 1.80. The van der Waals surface area contributed by atoms with Crippen LogP contribution in [0.3, 0.4) is 0 Å². The lowest BCUT2D eigenvalue weighted by Crippen LogP contribution is -2.09. The second-order valence-corrected chi connectivity index (χ2v) is 5.12. The van der Waals surface area contributed by atoms with Gasteiger partial charge in [-0.3, -0.25) is 4.98 Å². The lowest BCUT2D eigenvalue weighted by Gasteiger charge is -2.03. The number of aromatic nitrogens is 2. The van der Waals surface area contributed by atoms with Crippen molar-refractivity contribution in [3.8, 4) is 10.6 Å². The van der Waals surface area contributed by atoms with Crippen molar-refractivity contribution >= 4 is 11.3 Å². The molecule has 82 valence electrons. The lowest BCUT2D eigenvalue weighted by molar-refractivity contribution is 0.675. The van der Waals surface area contributed by atoms with E-state index < -0.39 is 0 Å². The van der Waals surface area contributed by atoms with E-state index >= 15 is 0 Å². The first-order chi connectivity index (χ1) is 7.88. The number of nitrogens with zero attached hydrogens (tertiary/aromatic N) is 2. The number of fused-ring (bicyclic) bond motifs is 1. The van der Waals surface area contributed by atoms with Crippen molar-refractivity contribution in [1.29, 1.82) is 0 Å². The highest BCUT2D eigenvalue weighted by molar-refractivity contribution is 7.15. The normalized spacial score (nSPS) is 18.7. The van der Waals surface area contributed by atoms with E-state index in [4.69, 9.17) is 10.7 Å². The molecule has 2 N–H and O–H groups in total. The molecule has 4 heteroatoms. The Morgan fingerprint density at radius 3 is 2.94 bits per heavy atom. The van der Waals surface area contributed by atoms with Gasteiger partial charge in [-0.15, -0.1) is 11.3 Å². The monoisotopic (exact) mass is 231 g/mol. The summed E-state index contributed by atoms with van der Waals surface area (Å²) in [7, 11) is 0. The van der Waals surface area contributed by atoms with Gasteiger partial charge in [-0.2, -0.15) is 0 Å². The van der Waals surface area contributed by atoms with Gasteiger partial charge in [-0.25, -0.2) is 4.98 Å². The summed E-state index contributed by atoms with van der Waals surface area (Å²) in [4.78, 5) is 10.2. The third kappa shape index (κ3) is 1.54. The second-order valence-electron chi connectivity index (χ2n) is 4.03. The van der Waals surface area contributed by atoms with Crippen molar-refractivity contribution in [2.75, 3.05) is 6.54 Å². The number of thiazole rings is 1. The zero-order chi connectivity index (χ0) is 11.0. The molecular weight excluding hydrogens is 218 g/mol. The summed E-state index contributed by atoms with van der Waals surface area (Å²) in [6, 6.07) is 4.01. The summed E-state index contributed by atoms with van der Waals surface area (Å²) in [5.74, 6) is 0.474. The summed E-state index contributed by atoms with van der Waals surface area (Å²) in [6.07, 6.45) is 5.92. The summed E-state index contributed by atoms with van der Waals surface area (Å²) in [6.45, 7) is 0.715. The van der Waals surface area contributed by atoms with Gasteiger partial charge in [0.1, 0.15) is 5.01 Å². The Morgan fingerprint density at radius 1 is 1.38 bits per heavy atom. The third-order valence-electron chi connectivity index (χ3n) is 3.05. The van der Waals surface area contributed by atoms with Crippen molar-refractivity contribution < 1.29 is 0 Å². The largest absolute Gasteiger partial charge is 0.330 e. The number of hydrogen-bond donors (Lipinski definition) is 1. The van der Waals surface area contributed by atoms with Gasteiger partial charge in [0, 0.05) is 35.3 Å². The number of hydrogen-bond acceptors (Lipinski definition) is 4. The van der Waals surface area contributed by atoms with Crippen LogP contribution in [-0.2, 0) is 6.42 Å². The Balaban J connectivity index is 2.00. The molecule has 0 aliphatic heterocycles. The van der Waals surface area contributed by atoms with Crippen LogP contribution in [0.15, 0.2) is 24.5 Å². The average molecular weight is 231 g/mol. The van der Waals surface area contributed by atoms with Gasteiger partial charge in [0.25, 0.3) is 0 Å². The fourth-order valence-electron chi connectivity index (χ4n) is 2.15. The molecule has 0 radical (unpaired) electrons. The van der Waals surface area contributed by atoms with Gasteiger partial charge in [0.15, 0.2) is 0 Å². The fraction of sp³-hybridized carbons (Fsp3) is 0.333. The molecule has 0 fully saturated rings. The molecule has 1 atom stereocenters. The van der Waals surface area contributed by atoms with Crippen LogP contribution in [0.25, 0.3) is 10.6 Å². The topological polar surface area (TPSA) is 51.8 Å². The first-order valence-electron chi connectivity index (χ1n) is 5.48. The Morgan fingerprint density at radius 2 is 2.19 bits per heavy atom. The fourth-order valence-corrected chi connectivity index (χ4v) is 3.32. The molecule has 1 unspecified atom stereocenters. The SMILES string of the molecule is NCC1CCc2sc(-c3ccncc3)nc21. The Kier molecular flexibility index (Phi) is 2.46. The standard InChI is InChI=1S/C12H13N3S/c13-7-9-1-2-10-11(9)15-12(16-10)8-3-5-14-6-4-8/h3-6,9H,1-2,7,13H2. The highest BCUT2D eigenvalue weighted by atomic mass is 32.1. The Bertz CT molecular complexity index is 492. The lowest BCUT2D eigenvalue weighted by atomic mass is 10.1. The molecular formula is C12H13N3S. The van der Waals surface area contributed by atoms with Crippen LogP contribution in [0.1, 0.15) is 22.9 Å². The zero-order valence-corrected chi connectivity index (χ0v) is 9.70. The summed E-state index contributed by atoms with van der Waals surface area (Å²) in [5, 5.41) is 1.10. The maximum absolute atomic E-state index is 5.75. The minimum absolute atomic E-state index is 0.474. The molecule has 3 rings (SSSR count). The van der Waals surface area contributed by atoms with E-state index in [-0.39, 0.29) is 0 Å². The molecule has 2 aromatic heterocycles. The van der Waals surface area contributed by atoms with Crippen LogP contribution in [0.4, 0.5) is 0 Å². The van der Waals surface area contributed by atoms with Gasteiger partial charge in [0.05, 0.1) is 5.69 Å². The maximum atomic E-state index is 5.75. The first kappa shape index (κ1) is 9.93. The molecule has 2 aromatic rings. The number of aryl methyl sites for hydroxylation is 1. The van der Waals surface area contributed by atoms with Gasteiger partial charge >= 0.3 is 0 Å². The number of rotatable bonds is 2. The molecule has 0 saturated heterocycles. The molecule has 0 saturated carbocycles. The molecule has 1 aliphatic rings. The van der Waals surface area contributed by atoms with E-state index in [0.29, 0.717) is 12.5 Å². The van der Waals surface area contributed by atoms with Gasteiger partial charge in [0.2, 0.25) is 0 Å². The molecule has 0 spiro atoms. The van der Waals surface area contributed by atoms with E-state index in [2.05, 4.69) is 4.98 Å². The minimum Gasteiger partial charge on any atom is -0.330 e. The average Bonchev–Trinajstić information content (AvgIpc) is 2.89. The van der Waals surface area contributed by atoms with Crippen molar-refractivity contribution in [1.82, 2.24) is 9.97 Å². The highest BCUT2D eigenvalue weighted by Gasteiger charge is 2.26. The predicted molar refractivity (Wildman–Crippen MR) is 65.5 cm³/mol. The third-order valence-corrected chi connectivity index (χ3v) is 4.23. The van der Waals surface area contributed by atoms with Crippen LogP contribution in [-0.4, -0.2) is 16.5 Å². The highest BCUT2D eigenvalue weighted by Crippen LogP contribution is 2.38. The molecule has 16 heavy (non-hydrogen) atoms. The van der Waals surface area contributed by atoms with E-state index in [1.165, 1.54) is 17.0 Å². The van der Waals surface area contributed by atoms with Gasteiger partial charge in [-0.1, -0.05) is 0 Å². The quantitative estimate of drug-likeness (QED) is 0.862. The molecule has 2 heterocycles. The second kappa shape index (κ2) is 3.96. The molecule has 1 aliphatic carbocycles. The van der Waals surface area contributed by atoms with Crippen molar-refractivity contribution in [2.24, 2.45) is 5.73 Å². The van der Waals surface area contributed by atoms with Gasteiger partial charge in [-0.05, 0) is 25.0 Å². The minimum atomic E-state index is 0.474.